The molecule has 3 aromatic carbocycles. The monoisotopic (exact) mass is 417 g/mol. The van der Waals surface area contributed by atoms with Crippen LogP contribution in [0.1, 0.15) is 40.2 Å². The predicted molar refractivity (Wildman–Crippen MR) is 126 cm³/mol. The van der Waals surface area contributed by atoms with E-state index in [0.29, 0.717) is 13.0 Å². The molecular formula is C29H23NO2. The lowest BCUT2D eigenvalue weighted by atomic mass is 9.64. The average molecular weight is 418 g/mol. The van der Waals surface area contributed by atoms with Gasteiger partial charge in [0.1, 0.15) is 0 Å². The van der Waals surface area contributed by atoms with Crippen molar-refractivity contribution in [2.24, 2.45) is 0 Å². The molecule has 156 valence electrons. The highest BCUT2D eigenvalue weighted by molar-refractivity contribution is 6.32. The Balaban J connectivity index is 1.70. The molecule has 0 radical (unpaired) electrons. The van der Waals surface area contributed by atoms with Crippen LogP contribution in [0.2, 0.25) is 0 Å². The summed E-state index contributed by atoms with van der Waals surface area (Å²) in [5.41, 5.74) is 6.50. The quantitative estimate of drug-likeness (QED) is 0.566. The molecule has 2 aliphatic heterocycles. The van der Waals surface area contributed by atoms with E-state index < -0.39 is 5.54 Å². The molecule has 6 rings (SSSR count). The van der Waals surface area contributed by atoms with Gasteiger partial charge >= 0.3 is 0 Å². The number of allylic oxidation sites excluding steroid dienone is 1. The zero-order valence-electron chi connectivity index (χ0n) is 17.9. The molecule has 0 saturated heterocycles. The van der Waals surface area contributed by atoms with E-state index in [1.807, 2.05) is 53.4 Å². The van der Waals surface area contributed by atoms with E-state index in [4.69, 9.17) is 0 Å². The van der Waals surface area contributed by atoms with Crippen molar-refractivity contribution in [3.8, 4) is 0 Å². The third-order valence-electron chi connectivity index (χ3n) is 7.18. The maximum absolute atomic E-state index is 14.1. The molecule has 1 amide bonds. The summed E-state index contributed by atoms with van der Waals surface area (Å²) in [6.07, 6.45) is 4.08. The van der Waals surface area contributed by atoms with Gasteiger partial charge in [0.2, 0.25) is 0 Å². The highest BCUT2D eigenvalue weighted by atomic mass is 16.2. The second-order valence-electron chi connectivity index (χ2n) is 8.95. The van der Waals surface area contributed by atoms with Gasteiger partial charge in [-0.15, -0.1) is 0 Å². The number of ketones is 1. The molecule has 3 heteroatoms. The molecule has 1 spiro atoms. The molecule has 2 heterocycles. The van der Waals surface area contributed by atoms with Gasteiger partial charge in [-0.2, -0.15) is 0 Å². The van der Waals surface area contributed by atoms with Crippen molar-refractivity contribution in [3.05, 3.63) is 119 Å². The second-order valence-corrected chi connectivity index (χ2v) is 8.95. The lowest BCUT2D eigenvalue weighted by Crippen LogP contribution is -2.55. The van der Waals surface area contributed by atoms with E-state index in [-0.39, 0.29) is 17.6 Å². The first-order chi connectivity index (χ1) is 15.6. The van der Waals surface area contributed by atoms with Crippen molar-refractivity contribution in [2.45, 2.75) is 31.3 Å². The molecule has 3 aromatic rings. The van der Waals surface area contributed by atoms with Gasteiger partial charge in [-0.05, 0) is 35.3 Å². The molecule has 32 heavy (non-hydrogen) atoms. The maximum atomic E-state index is 14.1. The molecule has 0 N–H and O–H groups in total. The topological polar surface area (TPSA) is 37.4 Å². The fourth-order valence-electron chi connectivity index (χ4n) is 5.75. The van der Waals surface area contributed by atoms with Crippen LogP contribution in [-0.4, -0.2) is 22.1 Å². The highest BCUT2D eigenvalue weighted by Gasteiger charge is 2.58. The summed E-state index contributed by atoms with van der Waals surface area (Å²) in [5.74, 6) is 0.0409. The molecule has 0 bridgehead atoms. The smallest absolute Gasteiger partial charge is 0.256 e. The van der Waals surface area contributed by atoms with E-state index in [1.165, 1.54) is 5.56 Å². The van der Waals surface area contributed by atoms with Crippen LogP contribution in [0, 0.1) is 6.92 Å². The Morgan fingerprint density at radius 2 is 1.56 bits per heavy atom. The van der Waals surface area contributed by atoms with Crippen LogP contribution in [-0.2, 0) is 16.1 Å². The molecule has 3 aliphatic rings. The van der Waals surface area contributed by atoms with E-state index in [1.54, 1.807) is 6.08 Å². The van der Waals surface area contributed by atoms with Crippen molar-refractivity contribution in [2.75, 3.05) is 0 Å². The number of hydrogen-bond donors (Lipinski definition) is 0. The van der Waals surface area contributed by atoms with Gasteiger partial charge < -0.3 is 4.90 Å². The minimum absolute atomic E-state index is 0.0335. The summed E-state index contributed by atoms with van der Waals surface area (Å²) in [5, 5.41) is 0. The molecule has 0 aromatic heterocycles. The number of fused-ring (bicyclic) bond motifs is 2. The van der Waals surface area contributed by atoms with Crippen LogP contribution in [0.5, 0.6) is 0 Å². The van der Waals surface area contributed by atoms with Gasteiger partial charge in [0.25, 0.3) is 5.91 Å². The summed E-state index contributed by atoms with van der Waals surface area (Å²) in [6, 6.07) is 26.6. The summed E-state index contributed by atoms with van der Waals surface area (Å²) in [6.45, 7) is 2.59. The molecule has 1 aliphatic carbocycles. The second kappa shape index (κ2) is 6.89. The standard InChI is InChI=1S/C29H23NO2/c1-19-11-13-20(14-12-19)26-27(21-7-3-2-4-8-21)29-16-15-23(31)17-25(29)24-10-6-5-9-22(24)18-30(29)28(26)32/h2-16,25H,17-18H2,1H3. The van der Waals surface area contributed by atoms with E-state index >= 15 is 0 Å². The Hall–Kier alpha value is -3.72. The summed E-state index contributed by atoms with van der Waals surface area (Å²) < 4.78 is 0. The summed E-state index contributed by atoms with van der Waals surface area (Å²) in [4.78, 5) is 28.7. The van der Waals surface area contributed by atoms with Gasteiger partial charge in [0.05, 0.1) is 11.1 Å². The summed E-state index contributed by atoms with van der Waals surface area (Å²) in [7, 11) is 0. The molecule has 0 fully saturated rings. The van der Waals surface area contributed by atoms with Crippen molar-refractivity contribution in [1.29, 1.82) is 0 Å². The molecular weight excluding hydrogens is 394 g/mol. The zero-order chi connectivity index (χ0) is 21.9. The van der Waals surface area contributed by atoms with E-state index in [9.17, 15) is 9.59 Å². The van der Waals surface area contributed by atoms with Crippen LogP contribution in [0.25, 0.3) is 11.1 Å². The molecule has 0 saturated carbocycles. The van der Waals surface area contributed by atoms with Crippen LogP contribution in [0.4, 0.5) is 0 Å². The minimum Gasteiger partial charge on any atom is -0.320 e. The number of aryl methyl sites for hydroxylation is 1. The third-order valence-corrected chi connectivity index (χ3v) is 7.18. The first-order valence-electron chi connectivity index (χ1n) is 11.1. The van der Waals surface area contributed by atoms with Crippen LogP contribution in [0.3, 0.4) is 0 Å². The number of carbonyl (C=O) groups excluding carboxylic acids is 2. The largest absolute Gasteiger partial charge is 0.320 e. The van der Waals surface area contributed by atoms with Crippen molar-refractivity contribution < 1.29 is 9.59 Å². The number of carbonyl (C=O) groups is 2. The maximum Gasteiger partial charge on any atom is 0.256 e. The van der Waals surface area contributed by atoms with Crippen molar-refractivity contribution >= 4 is 22.8 Å². The van der Waals surface area contributed by atoms with Crippen LogP contribution >= 0.6 is 0 Å². The van der Waals surface area contributed by atoms with E-state index in [2.05, 4.69) is 43.3 Å². The number of hydrogen-bond acceptors (Lipinski definition) is 2. The van der Waals surface area contributed by atoms with Gasteiger partial charge in [-0.25, -0.2) is 0 Å². The predicted octanol–water partition coefficient (Wildman–Crippen LogP) is 5.31. The van der Waals surface area contributed by atoms with Crippen molar-refractivity contribution in [3.63, 3.8) is 0 Å². The Morgan fingerprint density at radius 1 is 0.844 bits per heavy atom. The SMILES string of the molecule is Cc1ccc(C2=C(c3ccccc3)C34C=CC(=O)CC3c3ccccc3CN4C2=O)cc1. The van der Waals surface area contributed by atoms with Crippen LogP contribution in [0.15, 0.2) is 91.0 Å². The average Bonchev–Trinajstić information content (AvgIpc) is 3.07. The number of rotatable bonds is 2. The first-order valence-corrected chi connectivity index (χ1v) is 11.1. The van der Waals surface area contributed by atoms with Gasteiger partial charge in [-0.3, -0.25) is 9.59 Å². The van der Waals surface area contributed by atoms with Crippen molar-refractivity contribution in [1.82, 2.24) is 4.90 Å². The molecule has 2 atom stereocenters. The Bertz CT molecular complexity index is 1320. The molecule has 3 nitrogen and oxygen atoms in total. The minimum atomic E-state index is -0.666. The lowest BCUT2D eigenvalue weighted by molar-refractivity contribution is -0.129. The van der Waals surface area contributed by atoms with Crippen LogP contribution < -0.4 is 0 Å². The Labute approximate surface area is 187 Å². The number of nitrogens with zero attached hydrogens (tertiary/aromatic N) is 1. The first kappa shape index (κ1) is 19.0. The summed E-state index contributed by atoms with van der Waals surface area (Å²) >= 11 is 0. The number of benzene rings is 3. The normalized spacial score (nSPS) is 23.8. The number of amides is 1. The van der Waals surface area contributed by atoms with E-state index in [0.717, 1.165) is 33.4 Å². The highest BCUT2D eigenvalue weighted by Crippen LogP contribution is 2.58. The van der Waals surface area contributed by atoms with Gasteiger partial charge in [0, 0.05) is 24.5 Å². The molecule has 2 unspecified atom stereocenters. The Kier molecular flexibility index (Phi) is 4.09. The lowest BCUT2D eigenvalue weighted by Gasteiger charge is -2.50. The van der Waals surface area contributed by atoms with Gasteiger partial charge in [0.15, 0.2) is 5.78 Å². The Morgan fingerprint density at radius 3 is 2.34 bits per heavy atom. The van der Waals surface area contributed by atoms with Gasteiger partial charge in [-0.1, -0.05) is 90.5 Å². The fourth-order valence-corrected chi connectivity index (χ4v) is 5.75. The zero-order valence-corrected chi connectivity index (χ0v) is 17.9. The fraction of sp³-hybridized carbons (Fsp3) is 0.172. The third kappa shape index (κ3) is 2.54.